The monoisotopic (exact) mass is 364 g/mol. The lowest BCUT2D eigenvalue weighted by molar-refractivity contribution is 0.0700. The van der Waals surface area contributed by atoms with Crippen LogP contribution in [0.3, 0.4) is 0 Å². The second-order valence-corrected chi connectivity index (χ2v) is 6.10. The van der Waals surface area contributed by atoms with Crippen LogP contribution in [0.25, 0.3) is 0 Å². The molecule has 114 valence electrons. The smallest absolute Gasteiger partial charge is 0.275 e. The summed E-state index contributed by atoms with van der Waals surface area (Å²) in [7, 11) is 1.97. The fourth-order valence-corrected chi connectivity index (χ4v) is 3.19. The number of amides is 1. The molecule has 1 aromatic heterocycles. The molecule has 1 aliphatic rings. The number of piperidine rings is 1. The van der Waals surface area contributed by atoms with E-state index in [4.69, 9.17) is 0 Å². The number of carbonyl (C=O) groups excluding carboxylic acids is 1. The molecule has 1 amide bonds. The second-order valence-electron chi connectivity index (χ2n) is 5.31. The average molecular weight is 366 g/mol. The van der Waals surface area contributed by atoms with E-state index in [0.717, 1.165) is 36.1 Å². The number of nitrogens with zero attached hydrogens (tertiary/aromatic N) is 2. The Hall–Kier alpha value is -0.590. The standard InChI is InChI=1S/C13H21BrN4O.ClH/c1-8(2)11-10(14)12(17-16-11)13(19)18-6-4-9(15-3)5-7-18;/h8-9,15H,4-7H2,1-3H3,(H,16,17);1H. The molecule has 20 heavy (non-hydrogen) atoms. The Labute approximate surface area is 134 Å². The van der Waals surface area contributed by atoms with Crippen LogP contribution in [0.2, 0.25) is 0 Å². The summed E-state index contributed by atoms with van der Waals surface area (Å²) in [6.45, 7) is 5.73. The molecule has 2 N–H and O–H groups in total. The largest absolute Gasteiger partial charge is 0.337 e. The molecule has 0 spiro atoms. The zero-order valence-electron chi connectivity index (χ0n) is 12.1. The van der Waals surface area contributed by atoms with Crippen LogP contribution in [-0.4, -0.2) is 47.2 Å². The maximum atomic E-state index is 12.4. The van der Waals surface area contributed by atoms with Crippen LogP contribution >= 0.6 is 28.3 Å². The lowest BCUT2D eigenvalue weighted by Gasteiger charge is -2.31. The van der Waals surface area contributed by atoms with E-state index in [2.05, 4.69) is 45.3 Å². The number of nitrogens with one attached hydrogen (secondary N) is 2. The van der Waals surface area contributed by atoms with Crippen LogP contribution in [0.15, 0.2) is 4.47 Å². The first-order chi connectivity index (χ1) is 9.04. The van der Waals surface area contributed by atoms with Gasteiger partial charge in [0.2, 0.25) is 0 Å². The van der Waals surface area contributed by atoms with Crippen molar-refractivity contribution in [2.75, 3.05) is 20.1 Å². The van der Waals surface area contributed by atoms with E-state index in [-0.39, 0.29) is 18.3 Å². The number of likely N-dealkylation sites (tertiary alicyclic amines) is 1. The SMILES string of the molecule is CNC1CCN(C(=O)c2n[nH]c(C(C)C)c2Br)CC1.Cl. The molecule has 0 saturated carbocycles. The summed E-state index contributed by atoms with van der Waals surface area (Å²) in [5.74, 6) is 0.336. The third kappa shape index (κ3) is 3.54. The minimum absolute atomic E-state index is 0. The van der Waals surface area contributed by atoms with Gasteiger partial charge in [-0.2, -0.15) is 5.10 Å². The molecule has 2 rings (SSSR count). The Kier molecular flexibility index (Phi) is 6.48. The van der Waals surface area contributed by atoms with Gasteiger partial charge in [0.05, 0.1) is 10.2 Å². The summed E-state index contributed by atoms with van der Waals surface area (Å²) in [5, 5.41) is 10.4. The predicted octanol–water partition coefficient (Wildman–Crippen LogP) is 2.54. The van der Waals surface area contributed by atoms with Crippen LogP contribution in [0.4, 0.5) is 0 Å². The van der Waals surface area contributed by atoms with E-state index in [1.165, 1.54) is 0 Å². The van der Waals surface area contributed by atoms with Crippen LogP contribution in [0.1, 0.15) is 48.8 Å². The minimum atomic E-state index is 0. The number of hydrogen-bond donors (Lipinski definition) is 2. The maximum Gasteiger partial charge on any atom is 0.275 e. The first-order valence-corrected chi connectivity index (χ1v) is 7.54. The fourth-order valence-electron chi connectivity index (χ4n) is 2.39. The van der Waals surface area contributed by atoms with Crippen molar-refractivity contribution < 1.29 is 4.79 Å². The van der Waals surface area contributed by atoms with Crippen molar-refractivity contribution in [1.29, 1.82) is 0 Å². The summed E-state index contributed by atoms with van der Waals surface area (Å²) in [6.07, 6.45) is 2.00. The number of aromatic nitrogens is 2. The van der Waals surface area contributed by atoms with Crippen molar-refractivity contribution >= 4 is 34.2 Å². The van der Waals surface area contributed by atoms with Crippen molar-refractivity contribution in [2.45, 2.75) is 38.6 Å². The molecule has 0 atom stereocenters. The van der Waals surface area contributed by atoms with Gasteiger partial charge in [0.25, 0.3) is 5.91 Å². The van der Waals surface area contributed by atoms with Crippen molar-refractivity contribution in [3.05, 3.63) is 15.9 Å². The topological polar surface area (TPSA) is 61.0 Å². The maximum absolute atomic E-state index is 12.4. The lowest BCUT2D eigenvalue weighted by atomic mass is 10.0. The lowest BCUT2D eigenvalue weighted by Crippen LogP contribution is -2.44. The Morgan fingerprint density at radius 1 is 1.45 bits per heavy atom. The van der Waals surface area contributed by atoms with Gasteiger partial charge in [-0.3, -0.25) is 9.89 Å². The summed E-state index contributed by atoms with van der Waals surface area (Å²) < 4.78 is 0.809. The Morgan fingerprint density at radius 2 is 2.05 bits per heavy atom. The molecule has 1 saturated heterocycles. The first kappa shape index (κ1) is 17.5. The summed E-state index contributed by atoms with van der Waals surface area (Å²) in [5.41, 5.74) is 1.49. The summed E-state index contributed by atoms with van der Waals surface area (Å²) in [4.78, 5) is 14.3. The van der Waals surface area contributed by atoms with Gasteiger partial charge in [0.15, 0.2) is 5.69 Å². The van der Waals surface area contributed by atoms with Crippen molar-refractivity contribution in [2.24, 2.45) is 0 Å². The van der Waals surface area contributed by atoms with Crippen molar-refractivity contribution in [3.63, 3.8) is 0 Å². The number of H-pyrrole nitrogens is 1. The van der Waals surface area contributed by atoms with Gasteiger partial charge >= 0.3 is 0 Å². The average Bonchev–Trinajstić information content (AvgIpc) is 2.80. The molecule has 0 unspecified atom stereocenters. The molecule has 1 aliphatic heterocycles. The molecule has 0 bridgehead atoms. The quantitative estimate of drug-likeness (QED) is 0.865. The number of carbonyl (C=O) groups is 1. The third-order valence-electron chi connectivity index (χ3n) is 3.70. The van der Waals surface area contributed by atoms with E-state index >= 15 is 0 Å². The van der Waals surface area contributed by atoms with Gasteiger partial charge in [-0.25, -0.2) is 0 Å². The van der Waals surface area contributed by atoms with E-state index < -0.39 is 0 Å². The van der Waals surface area contributed by atoms with Gasteiger partial charge in [0, 0.05) is 19.1 Å². The van der Waals surface area contributed by atoms with Gasteiger partial charge in [0.1, 0.15) is 0 Å². The highest BCUT2D eigenvalue weighted by Gasteiger charge is 2.27. The Bertz CT molecular complexity index is 455. The second kappa shape index (κ2) is 7.43. The van der Waals surface area contributed by atoms with Crippen LogP contribution in [-0.2, 0) is 0 Å². The minimum Gasteiger partial charge on any atom is -0.337 e. The number of hydrogen-bond acceptors (Lipinski definition) is 3. The summed E-state index contributed by atoms with van der Waals surface area (Å²) in [6, 6.07) is 0.526. The van der Waals surface area contributed by atoms with Gasteiger partial charge in [-0.1, -0.05) is 13.8 Å². The molecular weight excluding hydrogens is 344 g/mol. The summed E-state index contributed by atoms with van der Waals surface area (Å²) >= 11 is 3.49. The molecular formula is C13H22BrClN4O. The van der Waals surface area contributed by atoms with Crippen LogP contribution in [0.5, 0.6) is 0 Å². The predicted molar refractivity (Wildman–Crippen MR) is 85.6 cm³/mol. The molecule has 2 heterocycles. The molecule has 0 aromatic carbocycles. The fraction of sp³-hybridized carbons (Fsp3) is 0.692. The van der Waals surface area contributed by atoms with Gasteiger partial charge < -0.3 is 10.2 Å². The normalized spacial score (nSPS) is 16.4. The highest BCUT2D eigenvalue weighted by atomic mass is 79.9. The van der Waals surface area contributed by atoms with Gasteiger partial charge in [-0.15, -0.1) is 12.4 Å². The number of halogens is 2. The number of rotatable bonds is 3. The molecule has 1 aromatic rings. The van der Waals surface area contributed by atoms with Crippen molar-refractivity contribution in [3.8, 4) is 0 Å². The van der Waals surface area contributed by atoms with E-state index in [0.29, 0.717) is 17.7 Å². The zero-order valence-corrected chi connectivity index (χ0v) is 14.5. The number of aromatic amines is 1. The third-order valence-corrected chi connectivity index (χ3v) is 4.51. The van der Waals surface area contributed by atoms with Gasteiger partial charge in [-0.05, 0) is 41.7 Å². The molecule has 5 nitrogen and oxygen atoms in total. The zero-order chi connectivity index (χ0) is 14.0. The molecule has 1 fully saturated rings. The molecule has 0 radical (unpaired) electrons. The van der Waals surface area contributed by atoms with Crippen LogP contribution < -0.4 is 5.32 Å². The first-order valence-electron chi connectivity index (χ1n) is 6.74. The highest BCUT2D eigenvalue weighted by molar-refractivity contribution is 9.10. The molecule has 0 aliphatic carbocycles. The molecule has 7 heteroatoms. The highest BCUT2D eigenvalue weighted by Crippen LogP contribution is 2.27. The van der Waals surface area contributed by atoms with E-state index in [1.807, 2.05) is 11.9 Å². The van der Waals surface area contributed by atoms with E-state index in [9.17, 15) is 4.79 Å². The Balaban J connectivity index is 0.00000200. The van der Waals surface area contributed by atoms with Crippen LogP contribution in [0, 0.1) is 0 Å². The Morgan fingerprint density at radius 3 is 2.50 bits per heavy atom. The van der Waals surface area contributed by atoms with Crippen molar-refractivity contribution in [1.82, 2.24) is 20.4 Å². The van der Waals surface area contributed by atoms with E-state index in [1.54, 1.807) is 0 Å².